The molecule has 0 aromatic heterocycles. The molecule has 0 heterocycles. The van der Waals surface area contributed by atoms with E-state index in [1.165, 1.54) is 0 Å². The lowest BCUT2D eigenvalue weighted by Crippen LogP contribution is -2.37. The summed E-state index contributed by atoms with van der Waals surface area (Å²) in [5.41, 5.74) is -0.445. The third kappa shape index (κ3) is 3.90. The van der Waals surface area contributed by atoms with Gasteiger partial charge < -0.3 is 9.05 Å². The summed E-state index contributed by atoms with van der Waals surface area (Å²) in [4.78, 5) is 11.7. The molecule has 0 rings (SSSR count). The largest absolute Gasteiger partial charge is 0.366 e. The number of carbonyl (C=O) groups is 1. The predicted octanol–water partition coefficient (Wildman–Crippen LogP) is 2.36. The van der Waals surface area contributed by atoms with Gasteiger partial charge in [0.25, 0.3) is 0 Å². The summed E-state index contributed by atoms with van der Waals surface area (Å²) in [6, 6.07) is 0. The molecular formula is C9H20O3P2. The van der Waals surface area contributed by atoms with Crippen molar-refractivity contribution in [2.24, 2.45) is 5.41 Å². The zero-order valence-corrected chi connectivity index (χ0v) is 11.4. The highest BCUT2D eigenvalue weighted by molar-refractivity contribution is 7.10. The van der Waals surface area contributed by atoms with Crippen molar-refractivity contribution < 1.29 is 13.8 Å². The first-order valence-corrected chi connectivity index (χ1v) is 5.65. The molecule has 3 nitrogen and oxygen atoms in total. The first-order chi connectivity index (χ1) is 6.50. The summed E-state index contributed by atoms with van der Waals surface area (Å²) >= 11 is 0. The van der Waals surface area contributed by atoms with E-state index in [0.717, 1.165) is 0 Å². The Kier molecular flexibility index (Phi) is 7.07. The van der Waals surface area contributed by atoms with Crippen molar-refractivity contribution in [3.05, 3.63) is 0 Å². The van der Waals surface area contributed by atoms with Crippen LogP contribution in [0, 0.1) is 5.41 Å². The van der Waals surface area contributed by atoms with Crippen LogP contribution in [0.25, 0.3) is 0 Å². The number of hydrogen-bond donors (Lipinski definition) is 0. The van der Waals surface area contributed by atoms with Crippen molar-refractivity contribution >= 4 is 24.7 Å². The molecule has 0 N–H and O–H groups in total. The molecule has 0 amide bonds. The number of carbonyl (C=O) groups excluding carboxylic acids is 1. The second kappa shape index (κ2) is 6.85. The molecule has 3 atom stereocenters. The lowest BCUT2D eigenvalue weighted by atomic mass is 9.80. The van der Waals surface area contributed by atoms with Crippen molar-refractivity contribution in [3.8, 4) is 0 Å². The molecule has 84 valence electrons. The van der Waals surface area contributed by atoms with Crippen molar-refractivity contribution in [1.82, 2.24) is 0 Å². The van der Waals surface area contributed by atoms with Gasteiger partial charge in [0.1, 0.15) is 5.78 Å². The Balaban J connectivity index is 4.39. The van der Waals surface area contributed by atoms with Crippen LogP contribution < -0.4 is 0 Å². The summed E-state index contributed by atoms with van der Waals surface area (Å²) < 4.78 is 10.1. The minimum atomic E-state index is -0.445. The third-order valence-corrected chi connectivity index (χ3v) is 3.07. The lowest BCUT2D eigenvalue weighted by Gasteiger charge is -2.31. The molecule has 0 saturated carbocycles. The second-order valence-corrected chi connectivity index (χ2v) is 4.39. The Hall–Kier alpha value is 0.450. The molecule has 0 aromatic rings. The van der Waals surface area contributed by atoms with Crippen molar-refractivity contribution in [2.45, 2.75) is 39.7 Å². The average Bonchev–Trinajstić information content (AvgIpc) is 2.17. The fraction of sp³-hybridized carbons (Fsp3) is 0.889. The van der Waals surface area contributed by atoms with Crippen molar-refractivity contribution in [1.29, 1.82) is 0 Å². The number of hydrogen-bond acceptors (Lipinski definition) is 3. The third-order valence-electron chi connectivity index (χ3n) is 2.51. The van der Waals surface area contributed by atoms with Crippen LogP contribution in [0.3, 0.4) is 0 Å². The molecule has 0 fully saturated rings. The molecule has 5 heteroatoms. The highest BCUT2D eigenvalue weighted by Crippen LogP contribution is 2.29. The van der Waals surface area contributed by atoms with Gasteiger partial charge in [0.15, 0.2) is 0 Å². The van der Waals surface area contributed by atoms with Crippen LogP contribution in [-0.2, 0) is 13.8 Å². The molecule has 0 saturated heterocycles. The smallest absolute Gasteiger partial charge is 0.140 e. The number of Topliss-reactive ketones (excluding diaryl/α,β-unsaturated/α-hetero) is 1. The Morgan fingerprint density at radius 1 is 1.43 bits per heavy atom. The van der Waals surface area contributed by atoms with Crippen LogP contribution in [0.4, 0.5) is 0 Å². The van der Waals surface area contributed by atoms with E-state index in [9.17, 15) is 4.79 Å². The van der Waals surface area contributed by atoms with E-state index in [4.69, 9.17) is 9.05 Å². The van der Waals surface area contributed by atoms with E-state index in [1.54, 1.807) is 0 Å². The maximum Gasteiger partial charge on any atom is 0.140 e. The molecule has 0 aliphatic carbocycles. The van der Waals surface area contributed by atoms with Gasteiger partial charge in [-0.3, -0.25) is 4.79 Å². The van der Waals surface area contributed by atoms with Gasteiger partial charge >= 0.3 is 0 Å². The zero-order valence-electron chi connectivity index (χ0n) is 9.08. The Labute approximate surface area is 90.9 Å². The maximum atomic E-state index is 11.7. The van der Waals surface area contributed by atoms with Gasteiger partial charge in [-0.15, -0.1) is 0 Å². The summed E-state index contributed by atoms with van der Waals surface area (Å²) in [6.45, 7) is 6.27. The van der Waals surface area contributed by atoms with Gasteiger partial charge in [0, 0.05) is 30.8 Å². The predicted molar refractivity (Wildman–Crippen MR) is 63.9 cm³/mol. The average molecular weight is 238 g/mol. The molecule has 0 aliphatic rings. The van der Waals surface area contributed by atoms with Crippen LogP contribution in [-0.4, -0.2) is 18.5 Å². The van der Waals surface area contributed by atoms with Crippen LogP contribution in [0.2, 0.25) is 0 Å². The zero-order chi connectivity index (χ0) is 11.2. The van der Waals surface area contributed by atoms with Crippen molar-refractivity contribution in [2.75, 3.05) is 6.61 Å². The van der Waals surface area contributed by atoms with Gasteiger partial charge in [-0.05, 0) is 6.42 Å². The van der Waals surface area contributed by atoms with Crippen molar-refractivity contribution in [3.63, 3.8) is 0 Å². The van der Waals surface area contributed by atoms with Crippen LogP contribution in [0.15, 0.2) is 0 Å². The second-order valence-electron chi connectivity index (χ2n) is 3.78. The van der Waals surface area contributed by atoms with Crippen LogP contribution in [0.1, 0.15) is 33.6 Å². The molecule has 0 bridgehead atoms. The SMILES string of the molecule is CCC(=O)C(C)(C)[C@H](CCOP)OP. The Morgan fingerprint density at radius 2 is 2.00 bits per heavy atom. The van der Waals surface area contributed by atoms with Gasteiger partial charge in [-0.2, -0.15) is 0 Å². The first-order valence-electron chi connectivity index (χ1n) is 4.71. The summed E-state index contributed by atoms with van der Waals surface area (Å²) in [6.07, 6.45) is 1.14. The molecule has 0 radical (unpaired) electrons. The van der Waals surface area contributed by atoms with E-state index in [2.05, 4.69) is 18.9 Å². The van der Waals surface area contributed by atoms with Crippen LogP contribution in [0.5, 0.6) is 0 Å². The Morgan fingerprint density at radius 3 is 2.36 bits per heavy atom. The standard InChI is InChI=1S/C9H20O3P2/c1-4-7(10)9(2,3)8(12-14)5-6-11-13/h8H,4-6,13-14H2,1-3H3/t8-/m0/s1. The van der Waals surface area contributed by atoms with Gasteiger partial charge in [-0.1, -0.05) is 20.8 Å². The minimum absolute atomic E-state index is 0.111. The van der Waals surface area contributed by atoms with Gasteiger partial charge in [-0.25, -0.2) is 0 Å². The minimum Gasteiger partial charge on any atom is -0.366 e. The molecule has 0 spiro atoms. The maximum absolute atomic E-state index is 11.7. The summed E-state index contributed by atoms with van der Waals surface area (Å²) in [5, 5.41) is 0. The normalized spacial score (nSPS) is 14.1. The van der Waals surface area contributed by atoms with E-state index in [0.29, 0.717) is 19.4 Å². The number of rotatable bonds is 7. The molecule has 14 heavy (non-hydrogen) atoms. The first kappa shape index (κ1) is 14.5. The molecule has 0 aliphatic heterocycles. The molecule has 0 aromatic carbocycles. The topological polar surface area (TPSA) is 35.5 Å². The highest BCUT2D eigenvalue weighted by Gasteiger charge is 2.35. The quantitative estimate of drug-likeness (QED) is 0.639. The van der Waals surface area contributed by atoms with E-state index in [1.807, 2.05) is 20.8 Å². The number of ketones is 1. The molecule has 2 unspecified atom stereocenters. The monoisotopic (exact) mass is 238 g/mol. The highest BCUT2D eigenvalue weighted by atomic mass is 31.0. The fourth-order valence-electron chi connectivity index (χ4n) is 1.41. The Bertz CT molecular complexity index is 183. The van der Waals surface area contributed by atoms with Gasteiger partial charge in [0.2, 0.25) is 0 Å². The summed E-state index contributed by atoms with van der Waals surface area (Å²) in [7, 11) is 4.42. The fourth-order valence-corrected chi connectivity index (χ4v) is 2.02. The molecular weight excluding hydrogens is 218 g/mol. The van der Waals surface area contributed by atoms with Crippen LogP contribution >= 0.6 is 18.9 Å². The lowest BCUT2D eigenvalue weighted by molar-refractivity contribution is -0.131. The van der Waals surface area contributed by atoms with E-state index >= 15 is 0 Å². The van der Waals surface area contributed by atoms with Gasteiger partial charge in [0.05, 0.1) is 12.7 Å². The van der Waals surface area contributed by atoms with E-state index in [-0.39, 0.29) is 11.9 Å². The summed E-state index contributed by atoms with van der Waals surface area (Å²) in [5.74, 6) is 0.216. The van der Waals surface area contributed by atoms with E-state index < -0.39 is 5.41 Å².